The minimum Gasteiger partial charge on any atom is -0.444 e. The highest BCUT2D eigenvalue weighted by Gasteiger charge is 2.52. The highest BCUT2D eigenvalue weighted by molar-refractivity contribution is 6.62. The Hall–Kier alpha value is -2.72. The Morgan fingerprint density at radius 2 is 1.77 bits per heavy atom. The highest BCUT2D eigenvalue weighted by atomic mass is 19.1. The molecular weight excluding hydrogens is 452 g/mol. The molecule has 0 spiro atoms. The number of amides is 2. The summed E-state index contributed by atoms with van der Waals surface area (Å²) in [6.45, 7) is 15.2. The molecule has 0 saturated carbocycles. The Labute approximate surface area is 206 Å². The van der Waals surface area contributed by atoms with E-state index in [1.807, 2.05) is 34.6 Å². The molecule has 1 saturated heterocycles. The lowest BCUT2D eigenvalue weighted by Crippen LogP contribution is -2.41. The maximum absolute atomic E-state index is 15.6. The molecule has 1 fully saturated rings. The molecule has 1 aromatic carbocycles. The molecular formula is C25H35BFN3O5. The molecule has 0 bridgehead atoms. The smallest absolute Gasteiger partial charge is 0.444 e. The second-order valence-corrected chi connectivity index (χ2v) is 10.9. The van der Waals surface area contributed by atoms with Crippen molar-refractivity contribution in [3.63, 3.8) is 0 Å². The third-order valence-electron chi connectivity index (χ3n) is 6.33. The molecule has 190 valence electrons. The number of benzene rings is 1. The van der Waals surface area contributed by atoms with Crippen LogP contribution in [0.5, 0.6) is 0 Å². The number of hydrogen-bond acceptors (Lipinski definition) is 6. The van der Waals surface area contributed by atoms with Gasteiger partial charge in [0.2, 0.25) is 0 Å². The fourth-order valence-electron chi connectivity index (χ4n) is 3.58. The van der Waals surface area contributed by atoms with Gasteiger partial charge < -0.3 is 24.3 Å². The topological polar surface area (TPSA) is 90.0 Å². The first-order chi connectivity index (χ1) is 16.0. The van der Waals surface area contributed by atoms with Crippen LogP contribution in [0.1, 0.15) is 64.5 Å². The maximum Gasteiger partial charge on any atom is 0.497 e. The number of hydrogen-bond donors (Lipinski definition) is 1. The predicted octanol–water partition coefficient (Wildman–Crippen LogP) is 3.58. The maximum atomic E-state index is 15.6. The molecule has 1 N–H and O–H groups in total. The van der Waals surface area contributed by atoms with Crippen molar-refractivity contribution >= 4 is 35.5 Å². The molecule has 1 aliphatic heterocycles. The molecule has 2 amide bonds. The van der Waals surface area contributed by atoms with Crippen LogP contribution >= 0.6 is 0 Å². The first kappa shape index (κ1) is 26.9. The van der Waals surface area contributed by atoms with Crippen molar-refractivity contribution in [2.24, 2.45) is 0 Å². The molecule has 0 atom stereocenters. The van der Waals surface area contributed by atoms with Crippen LogP contribution in [0.2, 0.25) is 0 Å². The fourth-order valence-corrected chi connectivity index (χ4v) is 3.58. The van der Waals surface area contributed by atoms with Crippen LogP contribution in [-0.2, 0) is 14.0 Å². The summed E-state index contributed by atoms with van der Waals surface area (Å²) in [5, 5.41) is 3.32. The van der Waals surface area contributed by atoms with Crippen LogP contribution in [0.3, 0.4) is 0 Å². The SMILES string of the molecule is Cc1cc(B2OC(C)(C)C(C)(C)O2)c(F)c2nc(C(=O)NCCN(C)C(=O)OC(C)(C)C)ccc12. The zero-order valence-corrected chi connectivity index (χ0v) is 22.0. The average molecular weight is 487 g/mol. The highest BCUT2D eigenvalue weighted by Crippen LogP contribution is 2.37. The van der Waals surface area contributed by atoms with Crippen LogP contribution in [0.25, 0.3) is 10.9 Å². The Kier molecular flexibility index (Phi) is 7.21. The summed E-state index contributed by atoms with van der Waals surface area (Å²) in [6, 6.07) is 4.93. The van der Waals surface area contributed by atoms with Gasteiger partial charge >= 0.3 is 13.2 Å². The van der Waals surface area contributed by atoms with Gasteiger partial charge in [-0.3, -0.25) is 4.79 Å². The number of carbonyl (C=O) groups excluding carboxylic acids is 2. The van der Waals surface area contributed by atoms with E-state index in [1.165, 1.54) is 4.90 Å². The Bertz CT molecular complexity index is 1130. The number of ether oxygens (including phenoxy) is 1. The summed E-state index contributed by atoms with van der Waals surface area (Å²) in [5.74, 6) is -1.05. The normalized spacial score (nSPS) is 16.9. The monoisotopic (exact) mass is 487 g/mol. The van der Waals surface area contributed by atoms with Crippen LogP contribution in [0.4, 0.5) is 9.18 Å². The molecule has 2 aromatic rings. The molecule has 3 rings (SSSR count). The van der Waals surface area contributed by atoms with Crippen molar-refractivity contribution in [3.8, 4) is 0 Å². The number of pyridine rings is 1. The van der Waals surface area contributed by atoms with Crippen LogP contribution in [-0.4, -0.2) is 65.9 Å². The van der Waals surface area contributed by atoms with Crippen molar-refractivity contribution < 1.29 is 28.0 Å². The van der Waals surface area contributed by atoms with E-state index in [0.717, 1.165) is 5.56 Å². The largest absolute Gasteiger partial charge is 0.497 e. The predicted molar refractivity (Wildman–Crippen MR) is 133 cm³/mol. The lowest BCUT2D eigenvalue weighted by atomic mass is 9.77. The molecule has 1 aliphatic rings. The molecule has 0 radical (unpaired) electrons. The van der Waals surface area contributed by atoms with Gasteiger partial charge in [-0.15, -0.1) is 0 Å². The molecule has 2 heterocycles. The van der Waals surface area contributed by atoms with Gasteiger partial charge in [0, 0.05) is 31.0 Å². The second kappa shape index (κ2) is 9.39. The Morgan fingerprint density at radius 1 is 1.17 bits per heavy atom. The van der Waals surface area contributed by atoms with Crippen LogP contribution in [0, 0.1) is 12.7 Å². The summed E-state index contributed by atoms with van der Waals surface area (Å²) < 4.78 is 33.0. The lowest BCUT2D eigenvalue weighted by molar-refractivity contribution is 0.00578. The second-order valence-electron chi connectivity index (χ2n) is 10.9. The van der Waals surface area contributed by atoms with E-state index in [-0.39, 0.29) is 29.8 Å². The molecule has 0 unspecified atom stereocenters. The number of aromatic nitrogens is 1. The van der Waals surface area contributed by atoms with E-state index in [0.29, 0.717) is 5.39 Å². The van der Waals surface area contributed by atoms with Gasteiger partial charge in [0.1, 0.15) is 22.6 Å². The third-order valence-corrected chi connectivity index (χ3v) is 6.33. The van der Waals surface area contributed by atoms with Crippen molar-refractivity contribution in [1.82, 2.24) is 15.2 Å². The number of halogens is 1. The van der Waals surface area contributed by atoms with E-state index < -0.39 is 41.7 Å². The number of likely N-dealkylation sites (N-methyl/N-ethyl adjacent to an activating group) is 1. The van der Waals surface area contributed by atoms with Crippen LogP contribution < -0.4 is 10.8 Å². The minimum atomic E-state index is -0.884. The first-order valence-electron chi connectivity index (χ1n) is 11.7. The average Bonchev–Trinajstić information content (AvgIpc) is 2.95. The van der Waals surface area contributed by atoms with Gasteiger partial charge in [-0.05, 0) is 67.0 Å². The first-order valence-corrected chi connectivity index (χ1v) is 11.7. The summed E-state index contributed by atoms with van der Waals surface area (Å²) in [5.41, 5.74) is -0.647. The summed E-state index contributed by atoms with van der Waals surface area (Å²) in [4.78, 5) is 30.4. The zero-order chi connectivity index (χ0) is 26.3. The van der Waals surface area contributed by atoms with Crippen molar-refractivity contribution in [3.05, 3.63) is 35.3 Å². The van der Waals surface area contributed by atoms with Gasteiger partial charge in [0.15, 0.2) is 0 Å². The van der Waals surface area contributed by atoms with E-state index >= 15 is 4.39 Å². The number of carbonyl (C=O) groups is 2. The minimum absolute atomic E-state index is 0.0711. The number of rotatable bonds is 5. The van der Waals surface area contributed by atoms with E-state index in [9.17, 15) is 9.59 Å². The van der Waals surface area contributed by atoms with E-state index in [4.69, 9.17) is 14.0 Å². The number of aryl methyl sites for hydroxylation is 1. The van der Waals surface area contributed by atoms with Gasteiger partial charge in [-0.25, -0.2) is 14.2 Å². The molecule has 10 heteroatoms. The Balaban J connectivity index is 1.77. The van der Waals surface area contributed by atoms with Gasteiger partial charge in [0.05, 0.1) is 11.2 Å². The summed E-state index contributed by atoms with van der Waals surface area (Å²) in [7, 11) is 0.704. The van der Waals surface area contributed by atoms with E-state index in [1.54, 1.807) is 46.0 Å². The summed E-state index contributed by atoms with van der Waals surface area (Å²) >= 11 is 0. The molecule has 8 nitrogen and oxygen atoms in total. The number of nitrogens with one attached hydrogen (secondary N) is 1. The van der Waals surface area contributed by atoms with E-state index in [2.05, 4.69) is 10.3 Å². The summed E-state index contributed by atoms with van der Waals surface area (Å²) in [6.07, 6.45) is -0.483. The van der Waals surface area contributed by atoms with Crippen molar-refractivity contribution in [2.75, 3.05) is 20.1 Å². The fraction of sp³-hybridized carbons (Fsp3) is 0.560. The van der Waals surface area contributed by atoms with Gasteiger partial charge in [-0.1, -0.05) is 12.1 Å². The van der Waals surface area contributed by atoms with Gasteiger partial charge in [-0.2, -0.15) is 0 Å². The number of fused-ring (bicyclic) bond motifs is 1. The third kappa shape index (κ3) is 5.75. The quantitative estimate of drug-likeness (QED) is 0.649. The number of nitrogens with zero attached hydrogens (tertiary/aromatic N) is 2. The zero-order valence-electron chi connectivity index (χ0n) is 22.0. The van der Waals surface area contributed by atoms with Crippen LogP contribution in [0.15, 0.2) is 18.2 Å². The van der Waals surface area contributed by atoms with Gasteiger partial charge in [0.25, 0.3) is 5.91 Å². The molecule has 1 aromatic heterocycles. The Morgan fingerprint density at radius 3 is 2.34 bits per heavy atom. The molecule has 0 aliphatic carbocycles. The molecule has 35 heavy (non-hydrogen) atoms. The van der Waals surface area contributed by atoms with Crippen molar-refractivity contribution in [2.45, 2.75) is 72.2 Å². The lowest BCUT2D eigenvalue weighted by Gasteiger charge is -2.32. The van der Waals surface area contributed by atoms with Crippen molar-refractivity contribution in [1.29, 1.82) is 0 Å². The standard InChI is InChI=1S/C25H35BFN3O5/c1-15-14-17(26-34-24(5,6)25(7,8)35-26)19(27)20-16(15)10-11-18(29-20)21(31)28-12-13-30(9)22(32)33-23(2,3)4/h10-11,14H,12-13H2,1-9H3,(H,28,31).